The maximum absolute atomic E-state index is 10.4. The molecule has 4 heteroatoms. The van der Waals surface area contributed by atoms with Gasteiger partial charge in [-0.05, 0) is 31.7 Å². The molecule has 0 radical (unpaired) electrons. The molecular formula is C11H15NO3. The van der Waals surface area contributed by atoms with E-state index in [1.165, 1.54) is 12.1 Å². The highest BCUT2D eigenvalue weighted by atomic mass is 16.6. The van der Waals surface area contributed by atoms with Gasteiger partial charge in [0.2, 0.25) is 0 Å². The summed E-state index contributed by atoms with van der Waals surface area (Å²) in [4.78, 5) is 9.98. The third-order valence-electron chi connectivity index (χ3n) is 2.23. The lowest BCUT2D eigenvalue weighted by Crippen LogP contribution is -1.99. The van der Waals surface area contributed by atoms with Crippen LogP contribution in [0.25, 0.3) is 0 Å². The van der Waals surface area contributed by atoms with E-state index in [1.54, 1.807) is 19.1 Å². The number of rotatable bonds is 5. The molecule has 0 aliphatic carbocycles. The van der Waals surface area contributed by atoms with Crippen LogP contribution in [-0.4, -0.2) is 16.1 Å². The maximum atomic E-state index is 10.4. The van der Waals surface area contributed by atoms with E-state index in [4.69, 9.17) is 5.11 Å². The van der Waals surface area contributed by atoms with Crippen LogP contribution in [0.2, 0.25) is 0 Å². The Morgan fingerprint density at radius 2 is 2.00 bits per heavy atom. The lowest BCUT2D eigenvalue weighted by molar-refractivity contribution is -0.384. The van der Waals surface area contributed by atoms with Crippen LogP contribution in [0.5, 0.6) is 0 Å². The van der Waals surface area contributed by atoms with Gasteiger partial charge in [0, 0.05) is 12.1 Å². The van der Waals surface area contributed by atoms with Crippen molar-refractivity contribution in [3.63, 3.8) is 0 Å². The van der Waals surface area contributed by atoms with Crippen molar-refractivity contribution in [1.29, 1.82) is 0 Å². The van der Waals surface area contributed by atoms with Crippen molar-refractivity contribution in [3.05, 3.63) is 39.9 Å². The van der Waals surface area contributed by atoms with Crippen molar-refractivity contribution in [3.8, 4) is 0 Å². The molecule has 0 fully saturated rings. The van der Waals surface area contributed by atoms with Crippen molar-refractivity contribution >= 4 is 5.69 Å². The zero-order chi connectivity index (χ0) is 11.3. The van der Waals surface area contributed by atoms with E-state index in [2.05, 4.69) is 0 Å². The third kappa shape index (κ3) is 4.08. The predicted molar refractivity (Wildman–Crippen MR) is 57.7 cm³/mol. The summed E-state index contributed by atoms with van der Waals surface area (Å²) in [6.07, 6.45) is 2.23. The van der Waals surface area contributed by atoms with Gasteiger partial charge in [0.05, 0.1) is 11.0 Å². The molecule has 0 bridgehead atoms. The molecule has 0 aromatic heterocycles. The van der Waals surface area contributed by atoms with Crippen molar-refractivity contribution in [2.24, 2.45) is 0 Å². The molecule has 1 aromatic rings. The Morgan fingerprint density at radius 1 is 1.40 bits per heavy atom. The number of nitro groups is 1. The van der Waals surface area contributed by atoms with Crippen LogP contribution in [-0.2, 0) is 6.42 Å². The smallest absolute Gasteiger partial charge is 0.269 e. The van der Waals surface area contributed by atoms with E-state index in [1.807, 2.05) is 0 Å². The fraction of sp³-hybridized carbons (Fsp3) is 0.455. The van der Waals surface area contributed by atoms with Gasteiger partial charge in [-0.2, -0.15) is 0 Å². The summed E-state index contributed by atoms with van der Waals surface area (Å²) in [7, 11) is 0. The molecule has 1 atom stereocenters. The van der Waals surface area contributed by atoms with Crippen LogP contribution in [0.1, 0.15) is 25.3 Å². The fourth-order valence-electron chi connectivity index (χ4n) is 1.39. The normalized spacial score (nSPS) is 12.4. The van der Waals surface area contributed by atoms with E-state index in [0.717, 1.165) is 24.8 Å². The van der Waals surface area contributed by atoms with Gasteiger partial charge in [0.25, 0.3) is 5.69 Å². The van der Waals surface area contributed by atoms with Gasteiger partial charge in [0.1, 0.15) is 0 Å². The highest BCUT2D eigenvalue weighted by molar-refractivity contribution is 5.32. The largest absolute Gasteiger partial charge is 0.393 e. The predicted octanol–water partition coefficient (Wildman–Crippen LogP) is 2.30. The maximum Gasteiger partial charge on any atom is 0.269 e. The van der Waals surface area contributed by atoms with Crippen LogP contribution in [0.4, 0.5) is 5.69 Å². The highest BCUT2D eigenvalue weighted by Gasteiger charge is 2.03. The van der Waals surface area contributed by atoms with Crippen LogP contribution in [0.3, 0.4) is 0 Å². The summed E-state index contributed by atoms with van der Waals surface area (Å²) in [6, 6.07) is 6.55. The molecule has 0 amide bonds. The van der Waals surface area contributed by atoms with Gasteiger partial charge < -0.3 is 5.11 Å². The SMILES string of the molecule is CC(O)CCCc1ccc([N+](=O)[O-])cc1. The second kappa shape index (κ2) is 5.46. The van der Waals surface area contributed by atoms with Crippen LogP contribution in [0.15, 0.2) is 24.3 Å². The first-order valence-electron chi connectivity index (χ1n) is 5.01. The van der Waals surface area contributed by atoms with Gasteiger partial charge in [-0.3, -0.25) is 10.1 Å². The third-order valence-corrected chi connectivity index (χ3v) is 2.23. The Balaban J connectivity index is 2.46. The Kier molecular flexibility index (Phi) is 4.24. The van der Waals surface area contributed by atoms with E-state index in [-0.39, 0.29) is 11.8 Å². The van der Waals surface area contributed by atoms with E-state index < -0.39 is 4.92 Å². The summed E-state index contributed by atoms with van der Waals surface area (Å²) in [5.41, 5.74) is 1.19. The molecule has 0 aliphatic rings. The molecule has 0 aliphatic heterocycles. The zero-order valence-electron chi connectivity index (χ0n) is 8.72. The first kappa shape index (κ1) is 11.7. The van der Waals surface area contributed by atoms with Crippen molar-refractivity contribution in [2.45, 2.75) is 32.3 Å². The van der Waals surface area contributed by atoms with Gasteiger partial charge in [-0.25, -0.2) is 0 Å². The Labute approximate surface area is 88.7 Å². The Bertz CT molecular complexity index is 319. The van der Waals surface area contributed by atoms with Crippen LogP contribution < -0.4 is 0 Å². The number of aryl methyl sites for hydroxylation is 1. The molecule has 0 saturated carbocycles. The van der Waals surface area contributed by atoms with Gasteiger partial charge >= 0.3 is 0 Å². The van der Waals surface area contributed by atoms with Crippen LogP contribution in [0, 0.1) is 10.1 Å². The Morgan fingerprint density at radius 3 is 2.47 bits per heavy atom. The summed E-state index contributed by atoms with van der Waals surface area (Å²) < 4.78 is 0. The summed E-state index contributed by atoms with van der Waals surface area (Å²) >= 11 is 0. The molecule has 0 heterocycles. The zero-order valence-corrected chi connectivity index (χ0v) is 8.72. The molecule has 1 aromatic carbocycles. The van der Waals surface area contributed by atoms with E-state index in [0.29, 0.717) is 0 Å². The minimum Gasteiger partial charge on any atom is -0.393 e. The minimum atomic E-state index is -0.403. The minimum absolute atomic E-state index is 0.120. The average molecular weight is 209 g/mol. The number of nitro benzene ring substituents is 1. The average Bonchev–Trinajstić information content (AvgIpc) is 2.18. The van der Waals surface area contributed by atoms with Gasteiger partial charge in [-0.15, -0.1) is 0 Å². The first-order valence-corrected chi connectivity index (χ1v) is 5.01. The Hall–Kier alpha value is -1.42. The van der Waals surface area contributed by atoms with Gasteiger partial charge in [0.15, 0.2) is 0 Å². The molecular weight excluding hydrogens is 194 g/mol. The first-order chi connectivity index (χ1) is 7.09. The summed E-state index contributed by atoms with van der Waals surface area (Å²) in [5, 5.41) is 19.4. The monoisotopic (exact) mass is 209 g/mol. The lowest BCUT2D eigenvalue weighted by Gasteiger charge is -2.03. The summed E-state index contributed by atoms with van der Waals surface area (Å²) in [6.45, 7) is 1.76. The van der Waals surface area contributed by atoms with E-state index >= 15 is 0 Å². The number of aliphatic hydroxyl groups excluding tert-OH is 1. The number of hydrogen-bond donors (Lipinski definition) is 1. The van der Waals surface area contributed by atoms with Crippen molar-refractivity contribution in [1.82, 2.24) is 0 Å². The quantitative estimate of drug-likeness (QED) is 0.597. The molecule has 0 saturated heterocycles. The molecule has 1 N–H and O–H groups in total. The number of aliphatic hydroxyl groups is 1. The fourth-order valence-corrected chi connectivity index (χ4v) is 1.39. The topological polar surface area (TPSA) is 63.4 Å². The van der Waals surface area contributed by atoms with Gasteiger partial charge in [-0.1, -0.05) is 12.1 Å². The number of nitrogens with zero attached hydrogens (tertiary/aromatic N) is 1. The standard InChI is InChI=1S/C11H15NO3/c1-9(13)3-2-4-10-5-7-11(8-6-10)12(14)15/h5-9,13H,2-4H2,1H3. The summed E-state index contributed by atoms with van der Waals surface area (Å²) in [5.74, 6) is 0. The molecule has 1 unspecified atom stereocenters. The molecule has 1 rings (SSSR count). The van der Waals surface area contributed by atoms with E-state index in [9.17, 15) is 10.1 Å². The van der Waals surface area contributed by atoms with Crippen molar-refractivity contribution in [2.75, 3.05) is 0 Å². The molecule has 4 nitrogen and oxygen atoms in total. The number of non-ortho nitro benzene ring substituents is 1. The number of benzene rings is 1. The van der Waals surface area contributed by atoms with Crippen molar-refractivity contribution < 1.29 is 10.0 Å². The molecule has 82 valence electrons. The lowest BCUT2D eigenvalue weighted by atomic mass is 10.1. The highest BCUT2D eigenvalue weighted by Crippen LogP contribution is 2.13. The van der Waals surface area contributed by atoms with Crippen LogP contribution >= 0.6 is 0 Å². The molecule has 15 heavy (non-hydrogen) atoms. The second-order valence-electron chi connectivity index (χ2n) is 3.66. The molecule has 0 spiro atoms. The second-order valence-corrected chi connectivity index (χ2v) is 3.66. The number of hydrogen-bond acceptors (Lipinski definition) is 3.